The van der Waals surface area contributed by atoms with Crippen LogP contribution in [0.4, 0.5) is 5.69 Å². The lowest BCUT2D eigenvalue weighted by molar-refractivity contribution is -0.384. The number of hydrogen-bond donors (Lipinski definition) is 1. The third-order valence-electron chi connectivity index (χ3n) is 3.48. The van der Waals surface area contributed by atoms with Crippen LogP contribution in [0.2, 0.25) is 0 Å². The van der Waals surface area contributed by atoms with E-state index in [1.54, 1.807) is 0 Å². The predicted molar refractivity (Wildman–Crippen MR) is 77.8 cm³/mol. The van der Waals surface area contributed by atoms with E-state index in [1.807, 2.05) is 32.9 Å². The fraction of sp³-hybridized carbons (Fsp3) is 0.267. The first-order valence-corrected chi connectivity index (χ1v) is 6.44. The first-order valence-electron chi connectivity index (χ1n) is 6.44. The zero-order valence-corrected chi connectivity index (χ0v) is 12.1. The molecule has 21 heavy (non-hydrogen) atoms. The van der Waals surface area contributed by atoms with Gasteiger partial charge in [0.25, 0.3) is 5.69 Å². The third kappa shape index (κ3) is 2.94. The Morgan fingerprint density at radius 3 is 2.29 bits per heavy atom. The summed E-state index contributed by atoms with van der Waals surface area (Å²) in [5.41, 5.74) is 3.90. The first-order chi connectivity index (χ1) is 9.79. The number of hydrogen-bond acceptors (Lipinski definition) is 3. The van der Waals surface area contributed by atoms with Crippen molar-refractivity contribution in [2.75, 3.05) is 0 Å². The zero-order chi connectivity index (χ0) is 15.7. The molecular weight excluding hydrogens is 272 g/mol. The van der Waals surface area contributed by atoms with Gasteiger partial charge >= 0.3 is 5.97 Å². The molecule has 1 aromatic heterocycles. The highest BCUT2D eigenvalue weighted by molar-refractivity contribution is 5.87. The van der Waals surface area contributed by atoms with Crippen LogP contribution in [0.15, 0.2) is 24.4 Å². The van der Waals surface area contributed by atoms with Gasteiger partial charge in [-0.05, 0) is 37.5 Å². The molecule has 0 saturated heterocycles. The van der Waals surface area contributed by atoms with Crippen molar-refractivity contribution >= 4 is 11.7 Å². The van der Waals surface area contributed by atoms with Crippen LogP contribution in [0, 0.1) is 30.9 Å². The Labute approximate surface area is 121 Å². The van der Waals surface area contributed by atoms with Gasteiger partial charge < -0.3 is 9.67 Å². The van der Waals surface area contributed by atoms with Crippen molar-refractivity contribution in [2.24, 2.45) is 0 Å². The number of carboxylic acids is 1. The SMILES string of the molecule is Cc1cc(C)c(Cn2cc([N+](=O)[O-])cc2C(=O)O)c(C)c1. The summed E-state index contributed by atoms with van der Waals surface area (Å²) in [5, 5.41) is 20.0. The van der Waals surface area contributed by atoms with Gasteiger partial charge in [0.1, 0.15) is 5.69 Å². The van der Waals surface area contributed by atoms with Crippen LogP contribution in [0.25, 0.3) is 0 Å². The highest BCUT2D eigenvalue weighted by Crippen LogP contribution is 2.22. The Kier molecular flexibility index (Phi) is 3.80. The molecule has 0 radical (unpaired) electrons. The molecule has 0 saturated carbocycles. The molecule has 0 amide bonds. The number of aryl methyl sites for hydroxylation is 3. The molecule has 0 unspecified atom stereocenters. The van der Waals surface area contributed by atoms with Crippen LogP contribution in [-0.2, 0) is 6.54 Å². The molecule has 0 atom stereocenters. The quantitative estimate of drug-likeness (QED) is 0.692. The van der Waals surface area contributed by atoms with Crippen LogP contribution in [0.3, 0.4) is 0 Å². The lowest BCUT2D eigenvalue weighted by Crippen LogP contribution is -2.10. The summed E-state index contributed by atoms with van der Waals surface area (Å²) >= 11 is 0. The van der Waals surface area contributed by atoms with E-state index in [-0.39, 0.29) is 11.4 Å². The van der Waals surface area contributed by atoms with Crippen molar-refractivity contribution < 1.29 is 14.8 Å². The largest absolute Gasteiger partial charge is 0.477 e. The van der Waals surface area contributed by atoms with Crippen molar-refractivity contribution in [2.45, 2.75) is 27.3 Å². The number of carboxylic acid groups (broad SMARTS) is 1. The van der Waals surface area contributed by atoms with Crippen LogP contribution in [0.5, 0.6) is 0 Å². The lowest BCUT2D eigenvalue weighted by Gasteiger charge is -2.13. The number of carbonyl (C=O) groups is 1. The monoisotopic (exact) mass is 288 g/mol. The van der Waals surface area contributed by atoms with E-state index in [4.69, 9.17) is 0 Å². The number of benzene rings is 1. The fourth-order valence-electron chi connectivity index (χ4n) is 2.53. The van der Waals surface area contributed by atoms with Crippen molar-refractivity contribution in [3.8, 4) is 0 Å². The van der Waals surface area contributed by atoms with Gasteiger partial charge in [0.15, 0.2) is 0 Å². The lowest BCUT2D eigenvalue weighted by atomic mass is 10.00. The minimum atomic E-state index is -1.18. The summed E-state index contributed by atoms with van der Waals surface area (Å²) in [5.74, 6) is -1.18. The standard InChI is InChI=1S/C15H16N2O4/c1-9-4-10(2)13(11(3)5-9)8-16-7-12(17(20)21)6-14(16)15(18)19/h4-7H,8H2,1-3H3,(H,18,19). The molecule has 1 aromatic carbocycles. The van der Waals surface area contributed by atoms with E-state index in [0.29, 0.717) is 6.54 Å². The Morgan fingerprint density at radius 2 is 1.81 bits per heavy atom. The molecule has 2 aromatic rings. The van der Waals surface area contributed by atoms with Gasteiger partial charge in [0, 0.05) is 12.6 Å². The molecule has 1 N–H and O–H groups in total. The predicted octanol–water partition coefficient (Wildman–Crippen LogP) is 3.07. The molecule has 1 heterocycles. The van der Waals surface area contributed by atoms with Crippen LogP contribution in [0.1, 0.15) is 32.7 Å². The molecule has 6 heteroatoms. The summed E-state index contributed by atoms with van der Waals surface area (Å²) in [6, 6.07) is 5.11. The Morgan fingerprint density at radius 1 is 1.24 bits per heavy atom. The zero-order valence-electron chi connectivity index (χ0n) is 12.1. The van der Waals surface area contributed by atoms with E-state index in [1.165, 1.54) is 10.8 Å². The van der Waals surface area contributed by atoms with E-state index >= 15 is 0 Å². The van der Waals surface area contributed by atoms with Gasteiger partial charge in [-0.3, -0.25) is 10.1 Å². The Hall–Kier alpha value is -2.63. The van der Waals surface area contributed by atoms with Gasteiger partial charge in [-0.2, -0.15) is 0 Å². The Bertz CT molecular complexity index is 708. The van der Waals surface area contributed by atoms with E-state index in [9.17, 15) is 20.0 Å². The maximum absolute atomic E-state index is 11.2. The highest BCUT2D eigenvalue weighted by atomic mass is 16.6. The summed E-state index contributed by atoms with van der Waals surface area (Å²) in [7, 11) is 0. The normalized spacial score (nSPS) is 10.6. The van der Waals surface area contributed by atoms with Crippen molar-refractivity contribution in [1.29, 1.82) is 0 Å². The fourth-order valence-corrected chi connectivity index (χ4v) is 2.53. The minimum Gasteiger partial charge on any atom is -0.477 e. The van der Waals surface area contributed by atoms with Gasteiger partial charge in [0.2, 0.25) is 0 Å². The molecule has 0 aliphatic carbocycles. The Balaban J connectivity index is 2.49. The van der Waals surface area contributed by atoms with Crippen molar-refractivity contribution in [3.63, 3.8) is 0 Å². The molecule has 0 fully saturated rings. The highest BCUT2D eigenvalue weighted by Gasteiger charge is 2.19. The van der Waals surface area contributed by atoms with Gasteiger partial charge in [0.05, 0.1) is 11.1 Å². The van der Waals surface area contributed by atoms with Gasteiger partial charge in [-0.1, -0.05) is 17.7 Å². The second kappa shape index (κ2) is 5.40. The average molecular weight is 288 g/mol. The van der Waals surface area contributed by atoms with Gasteiger partial charge in [-0.25, -0.2) is 4.79 Å². The molecular formula is C15H16N2O4. The maximum Gasteiger partial charge on any atom is 0.352 e. The van der Waals surface area contributed by atoms with Crippen molar-refractivity contribution in [1.82, 2.24) is 4.57 Å². The maximum atomic E-state index is 11.2. The molecule has 2 rings (SSSR count). The second-order valence-electron chi connectivity index (χ2n) is 5.15. The third-order valence-corrected chi connectivity index (χ3v) is 3.48. The summed E-state index contributed by atoms with van der Waals surface area (Å²) in [4.78, 5) is 21.5. The smallest absolute Gasteiger partial charge is 0.352 e. The molecule has 0 bridgehead atoms. The van der Waals surface area contributed by atoms with Crippen LogP contribution in [-0.4, -0.2) is 20.6 Å². The molecule has 0 spiro atoms. The summed E-state index contributed by atoms with van der Waals surface area (Å²) in [6.07, 6.45) is 1.27. The number of aromatic carboxylic acids is 1. The molecule has 0 aliphatic rings. The van der Waals surface area contributed by atoms with Crippen LogP contribution >= 0.6 is 0 Å². The summed E-state index contributed by atoms with van der Waals surface area (Å²) in [6.45, 7) is 6.20. The number of nitrogens with zero attached hydrogens (tertiary/aromatic N) is 2. The molecule has 0 aliphatic heterocycles. The molecule has 6 nitrogen and oxygen atoms in total. The topological polar surface area (TPSA) is 85.4 Å². The van der Waals surface area contributed by atoms with Gasteiger partial charge in [-0.15, -0.1) is 0 Å². The van der Waals surface area contributed by atoms with Crippen LogP contribution < -0.4 is 0 Å². The van der Waals surface area contributed by atoms with E-state index in [2.05, 4.69) is 0 Å². The average Bonchev–Trinajstić information content (AvgIpc) is 2.77. The number of nitro groups is 1. The second-order valence-corrected chi connectivity index (χ2v) is 5.15. The molecule has 110 valence electrons. The van der Waals surface area contributed by atoms with E-state index in [0.717, 1.165) is 28.3 Å². The summed E-state index contributed by atoms with van der Waals surface area (Å²) < 4.78 is 1.41. The number of aromatic nitrogens is 1. The number of rotatable bonds is 4. The van der Waals surface area contributed by atoms with E-state index < -0.39 is 10.9 Å². The van der Waals surface area contributed by atoms with Crippen molar-refractivity contribution in [3.05, 3.63) is 62.5 Å². The first kappa shape index (κ1) is 14.8. The minimum absolute atomic E-state index is 0.0823.